The standard InChI is InChI=1S/C21H15IN2O2/c22-14-9-11-15(12-10-14)24-18(13-23)16-5-2-4-8-20(16)26-21(24)17-6-1-3-7-19(17)25/h1-12,18,21,25H/t18-,21-/m1/s1. The second-order valence-corrected chi connectivity index (χ2v) is 7.23. The van der Waals surface area contributed by atoms with Gasteiger partial charge in [-0.05, 0) is 65.1 Å². The molecule has 0 amide bonds. The van der Waals surface area contributed by atoms with Crippen molar-refractivity contribution in [2.45, 2.75) is 12.3 Å². The molecular formula is C21H15IN2O2. The van der Waals surface area contributed by atoms with Gasteiger partial charge in [-0.1, -0.05) is 30.3 Å². The van der Waals surface area contributed by atoms with Crippen LogP contribution in [0.4, 0.5) is 5.69 Å². The molecule has 1 heterocycles. The number of phenolic OH excluding ortho intramolecular Hbond substituents is 1. The summed E-state index contributed by atoms with van der Waals surface area (Å²) in [7, 11) is 0. The zero-order chi connectivity index (χ0) is 18.1. The van der Waals surface area contributed by atoms with Gasteiger partial charge in [-0.25, -0.2) is 0 Å². The first-order valence-electron chi connectivity index (χ1n) is 8.16. The third-order valence-electron chi connectivity index (χ3n) is 4.43. The maximum atomic E-state index is 10.4. The molecule has 1 aliphatic heterocycles. The average Bonchev–Trinajstić information content (AvgIpc) is 2.67. The minimum absolute atomic E-state index is 0.143. The number of halogens is 1. The Morgan fingerprint density at radius 3 is 2.27 bits per heavy atom. The molecule has 2 atom stereocenters. The van der Waals surface area contributed by atoms with Gasteiger partial charge in [0.05, 0.1) is 11.6 Å². The number of para-hydroxylation sites is 2. The van der Waals surface area contributed by atoms with Gasteiger partial charge in [-0.3, -0.25) is 0 Å². The van der Waals surface area contributed by atoms with E-state index < -0.39 is 12.3 Å². The van der Waals surface area contributed by atoms with Gasteiger partial charge < -0.3 is 14.7 Å². The Morgan fingerprint density at radius 1 is 0.923 bits per heavy atom. The zero-order valence-corrected chi connectivity index (χ0v) is 15.9. The summed E-state index contributed by atoms with van der Waals surface area (Å²) in [6.07, 6.45) is -0.601. The van der Waals surface area contributed by atoms with Crippen molar-refractivity contribution in [3.05, 3.63) is 87.5 Å². The van der Waals surface area contributed by atoms with Crippen molar-refractivity contribution >= 4 is 28.3 Å². The van der Waals surface area contributed by atoms with Gasteiger partial charge in [0.1, 0.15) is 17.5 Å². The minimum Gasteiger partial charge on any atom is -0.507 e. The van der Waals surface area contributed by atoms with Crippen molar-refractivity contribution in [3.8, 4) is 17.6 Å². The SMILES string of the molecule is N#C[C@@H]1c2ccccc2O[C@H](c2ccccc2O)N1c1ccc(I)cc1. The zero-order valence-electron chi connectivity index (χ0n) is 13.7. The Balaban J connectivity index is 1.91. The molecule has 0 aromatic heterocycles. The van der Waals surface area contributed by atoms with E-state index in [1.165, 1.54) is 0 Å². The molecular weight excluding hydrogens is 439 g/mol. The normalized spacial score (nSPS) is 18.5. The maximum Gasteiger partial charge on any atom is 0.203 e. The summed E-state index contributed by atoms with van der Waals surface area (Å²) >= 11 is 2.25. The van der Waals surface area contributed by atoms with Crippen LogP contribution in [0, 0.1) is 14.9 Å². The van der Waals surface area contributed by atoms with Crippen LogP contribution in [-0.2, 0) is 0 Å². The quantitative estimate of drug-likeness (QED) is 0.544. The molecule has 0 saturated carbocycles. The van der Waals surface area contributed by atoms with Crippen molar-refractivity contribution in [3.63, 3.8) is 0 Å². The number of nitrogens with zero attached hydrogens (tertiary/aromatic N) is 2. The maximum absolute atomic E-state index is 10.4. The highest BCUT2D eigenvalue weighted by atomic mass is 127. The van der Waals surface area contributed by atoms with E-state index in [9.17, 15) is 10.4 Å². The van der Waals surface area contributed by atoms with Crippen molar-refractivity contribution in [2.24, 2.45) is 0 Å². The van der Waals surface area contributed by atoms with E-state index in [1.807, 2.05) is 65.6 Å². The van der Waals surface area contributed by atoms with Crippen LogP contribution >= 0.6 is 22.6 Å². The molecule has 1 aliphatic rings. The van der Waals surface area contributed by atoms with Gasteiger partial charge in [0.25, 0.3) is 0 Å². The Kier molecular flexibility index (Phi) is 4.43. The molecule has 1 N–H and O–H groups in total. The number of benzene rings is 3. The Bertz CT molecular complexity index is 982. The van der Waals surface area contributed by atoms with Gasteiger partial charge in [0, 0.05) is 14.8 Å². The van der Waals surface area contributed by atoms with Crippen molar-refractivity contribution in [2.75, 3.05) is 4.90 Å². The fraction of sp³-hybridized carbons (Fsp3) is 0.0952. The van der Waals surface area contributed by atoms with E-state index >= 15 is 0 Å². The van der Waals surface area contributed by atoms with Gasteiger partial charge in [0.15, 0.2) is 0 Å². The largest absolute Gasteiger partial charge is 0.507 e. The van der Waals surface area contributed by atoms with Gasteiger partial charge in [-0.15, -0.1) is 0 Å². The average molecular weight is 454 g/mol. The number of hydrogen-bond acceptors (Lipinski definition) is 4. The van der Waals surface area contributed by atoms with Gasteiger partial charge >= 0.3 is 0 Å². The number of hydrogen-bond donors (Lipinski definition) is 1. The second kappa shape index (κ2) is 6.89. The monoisotopic (exact) mass is 454 g/mol. The number of nitriles is 1. The molecule has 0 bridgehead atoms. The van der Waals surface area contributed by atoms with Crippen LogP contribution in [0.3, 0.4) is 0 Å². The number of fused-ring (bicyclic) bond motifs is 1. The van der Waals surface area contributed by atoms with Crippen LogP contribution in [0.25, 0.3) is 0 Å². The van der Waals surface area contributed by atoms with E-state index in [2.05, 4.69) is 28.7 Å². The number of aromatic hydroxyl groups is 1. The molecule has 0 aliphatic carbocycles. The minimum atomic E-state index is -0.601. The summed E-state index contributed by atoms with van der Waals surface area (Å²) in [6.45, 7) is 0. The Hall–Kier alpha value is -2.72. The molecule has 0 fully saturated rings. The summed E-state index contributed by atoms with van der Waals surface area (Å²) in [5, 5.41) is 20.3. The Morgan fingerprint density at radius 2 is 1.58 bits per heavy atom. The van der Waals surface area contributed by atoms with E-state index in [0.29, 0.717) is 11.3 Å². The van der Waals surface area contributed by atoms with Crippen LogP contribution < -0.4 is 9.64 Å². The molecule has 0 spiro atoms. The van der Waals surface area contributed by atoms with Crippen LogP contribution in [0.2, 0.25) is 0 Å². The van der Waals surface area contributed by atoms with E-state index in [4.69, 9.17) is 4.74 Å². The van der Waals surface area contributed by atoms with Gasteiger partial charge in [-0.2, -0.15) is 5.26 Å². The van der Waals surface area contributed by atoms with Crippen LogP contribution in [0.1, 0.15) is 23.4 Å². The first-order valence-corrected chi connectivity index (χ1v) is 9.24. The number of phenols is 1. The highest BCUT2D eigenvalue weighted by molar-refractivity contribution is 14.1. The first kappa shape index (κ1) is 16.7. The Labute approximate surface area is 165 Å². The topological polar surface area (TPSA) is 56.5 Å². The fourth-order valence-corrected chi connectivity index (χ4v) is 3.57. The summed E-state index contributed by atoms with van der Waals surface area (Å²) in [5.74, 6) is 0.804. The lowest BCUT2D eigenvalue weighted by molar-refractivity contribution is 0.168. The van der Waals surface area contributed by atoms with Crippen LogP contribution in [0.15, 0.2) is 72.8 Å². The van der Waals surface area contributed by atoms with E-state index in [-0.39, 0.29) is 5.75 Å². The predicted octanol–water partition coefficient (Wildman–Crippen LogP) is 5.16. The van der Waals surface area contributed by atoms with Crippen molar-refractivity contribution in [1.29, 1.82) is 5.26 Å². The molecule has 3 aromatic rings. The highest BCUT2D eigenvalue weighted by Crippen LogP contribution is 2.46. The molecule has 0 unspecified atom stereocenters. The van der Waals surface area contributed by atoms with Gasteiger partial charge in [0.2, 0.25) is 6.23 Å². The number of rotatable bonds is 2. The predicted molar refractivity (Wildman–Crippen MR) is 108 cm³/mol. The van der Waals surface area contributed by atoms with E-state index in [0.717, 1.165) is 14.8 Å². The first-order chi connectivity index (χ1) is 12.7. The van der Waals surface area contributed by atoms with Crippen molar-refractivity contribution in [1.82, 2.24) is 0 Å². The molecule has 0 saturated heterocycles. The molecule has 26 heavy (non-hydrogen) atoms. The molecule has 3 aromatic carbocycles. The fourth-order valence-electron chi connectivity index (χ4n) is 3.22. The summed E-state index contributed by atoms with van der Waals surface area (Å²) < 4.78 is 7.35. The lowest BCUT2D eigenvalue weighted by Crippen LogP contribution is -2.39. The third-order valence-corrected chi connectivity index (χ3v) is 5.15. The van der Waals surface area contributed by atoms with Crippen LogP contribution in [-0.4, -0.2) is 5.11 Å². The smallest absolute Gasteiger partial charge is 0.203 e. The van der Waals surface area contributed by atoms with Crippen molar-refractivity contribution < 1.29 is 9.84 Å². The molecule has 4 rings (SSSR count). The molecule has 5 heteroatoms. The molecule has 4 nitrogen and oxygen atoms in total. The molecule has 128 valence electrons. The van der Waals surface area contributed by atoms with E-state index in [1.54, 1.807) is 12.1 Å². The number of anilines is 1. The van der Waals surface area contributed by atoms with Crippen LogP contribution in [0.5, 0.6) is 11.5 Å². The number of ether oxygens (including phenoxy) is 1. The lowest BCUT2D eigenvalue weighted by Gasteiger charge is -2.41. The summed E-state index contributed by atoms with van der Waals surface area (Å²) in [5.41, 5.74) is 2.31. The lowest BCUT2D eigenvalue weighted by atomic mass is 9.99. The highest BCUT2D eigenvalue weighted by Gasteiger charge is 2.38. The second-order valence-electron chi connectivity index (χ2n) is 5.98. The molecule has 0 radical (unpaired) electrons. The summed E-state index contributed by atoms with van der Waals surface area (Å²) in [6, 6.07) is 24.4. The third kappa shape index (κ3) is 2.86. The summed E-state index contributed by atoms with van der Waals surface area (Å²) in [4.78, 5) is 1.91.